The van der Waals surface area contributed by atoms with E-state index in [-0.39, 0.29) is 0 Å². The molecule has 9 aromatic rings. The van der Waals surface area contributed by atoms with Crippen LogP contribution in [0.15, 0.2) is 176 Å². The van der Waals surface area contributed by atoms with Crippen LogP contribution in [0.3, 0.4) is 0 Å². The first kappa shape index (κ1) is 29.0. The van der Waals surface area contributed by atoms with Gasteiger partial charge in [-0.15, -0.1) is 11.3 Å². The van der Waals surface area contributed by atoms with E-state index >= 15 is 0 Å². The first-order valence-corrected chi connectivity index (χ1v) is 17.2. The van der Waals surface area contributed by atoms with Crippen LogP contribution in [0, 0.1) is 0 Å². The molecule has 2 heterocycles. The predicted molar refractivity (Wildman–Crippen MR) is 205 cm³/mol. The third kappa shape index (κ3) is 5.58. The molecule has 0 unspecified atom stereocenters. The number of hydrogen-bond donors (Lipinski definition) is 0. The van der Waals surface area contributed by atoms with Gasteiger partial charge >= 0.3 is 0 Å². The second-order valence-corrected chi connectivity index (χ2v) is 13.1. The zero-order valence-corrected chi connectivity index (χ0v) is 27.3. The van der Waals surface area contributed by atoms with Crippen LogP contribution in [-0.2, 0) is 0 Å². The van der Waals surface area contributed by atoms with Crippen molar-refractivity contribution in [3.63, 3.8) is 0 Å². The summed E-state index contributed by atoms with van der Waals surface area (Å²) < 4.78 is 2.53. The lowest BCUT2D eigenvalue weighted by Gasteiger charge is -2.12. The summed E-state index contributed by atoms with van der Waals surface area (Å²) in [7, 11) is 0. The van der Waals surface area contributed by atoms with Crippen molar-refractivity contribution in [3.8, 4) is 67.5 Å². The molecular weight excluding hydrogens is 615 g/mol. The molecule has 2 aromatic heterocycles. The molecule has 9 rings (SSSR count). The molecule has 0 radical (unpaired) electrons. The number of thiophene rings is 1. The van der Waals surface area contributed by atoms with Gasteiger partial charge < -0.3 is 0 Å². The largest absolute Gasteiger partial charge is 0.208 e. The summed E-state index contributed by atoms with van der Waals surface area (Å²) in [6.07, 6.45) is 0. The monoisotopic (exact) mass is 643 g/mol. The van der Waals surface area contributed by atoms with Gasteiger partial charge in [0.1, 0.15) is 0 Å². The fourth-order valence-electron chi connectivity index (χ4n) is 6.44. The van der Waals surface area contributed by atoms with E-state index in [1.807, 2.05) is 23.5 Å². The summed E-state index contributed by atoms with van der Waals surface area (Å²) in [5, 5.41) is 2.45. The summed E-state index contributed by atoms with van der Waals surface area (Å²) >= 11 is 1.83. The first-order valence-electron chi connectivity index (χ1n) is 16.4. The Morgan fingerprint density at radius 2 is 0.714 bits per heavy atom. The lowest BCUT2D eigenvalue weighted by molar-refractivity contribution is 1.07. The maximum atomic E-state index is 5.15. The Morgan fingerprint density at radius 3 is 1.24 bits per heavy atom. The Balaban J connectivity index is 1.23. The highest BCUT2D eigenvalue weighted by atomic mass is 32.1. The second-order valence-electron chi connectivity index (χ2n) is 12.1. The van der Waals surface area contributed by atoms with Gasteiger partial charge in [0, 0.05) is 42.4 Å². The van der Waals surface area contributed by atoms with Gasteiger partial charge in [-0.25, -0.2) is 15.0 Å². The summed E-state index contributed by atoms with van der Waals surface area (Å²) in [6, 6.07) is 61.5. The Kier molecular flexibility index (Phi) is 7.34. The molecule has 0 N–H and O–H groups in total. The van der Waals surface area contributed by atoms with E-state index in [0.717, 1.165) is 27.8 Å². The molecule has 0 aliphatic carbocycles. The SMILES string of the molecule is c1ccc(-c2ccc(-c3nc(-c4ccc(-c5ccccc5)cc4)nc(-c4cc(-c5ccccc5)c5sc6ccccc6c5c4)n3)cc2)cc1. The third-order valence-corrected chi connectivity index (χ3v) is 10.2. The van der Waals surface area contributed by atoms with Crippen molar-refractivity contribution in [2.24, 2.45) is 0 Å². The first-order chi connectivity index (χ1) is 24.3. The van der Waals surface area contributed by atoms with E-state index in [4.69, 9.17) is 15.0 Å². The van der Waals surface area contributed by atoms with Gasteiger partial charge in [-0.2, -0.15) is 0 Å². The molecule has 0 spiro atoms. The van der Waals surface area contributed by atoms with Crippen LogP contribution < -0.4 is 0 Å². The van der Waals surface area contributed by atoms with E-state index in [9.17, 15) is 0 Å². The van der Waals surface area contributed by atoms with Crippen LogP contribution in [0.2, 0.25) is 0 Å². The third-order valence-electron chi connectivity index (χ3n) is 8.96. The van der Waals surface area contributed by atoms with E-state index in [0.29, 0.717) is 17.5 Å². The maximum Gasteiger partial charge on any atom is 0.164 e. The molecule has 0 aliphatic heterocycles. The van der Waals surface area contributed by atoms with Crippen molar-refractivity contribution in [2.45, 2.75) is 0 Å². The lowest BCUT2D eigenvalue weighted by atomic mass is 9.99. The van der Waals surface area contributed by atoms with Gasteiger partial charge in [0.15, 0.2) is 17.5 Å². The highest BCUT2D eigenvalue weighted by Gasteiger charge is 2.17. The molecule has 0 saturated heterocycles. The Hall–Kier alpha value is -6.23. The molecular formula is C45H29N3S. The fourth-order valence-corrected chi connectivity index (χ4v) is 7.66. The average molecular weight is 644 g/mol. The molecule has 0 amide bonds. The van der Waals surface area contributed by atoms with Crippen molar-refractivity contribution in [3.05, 3.63) is 176 Å². The minimum atomic E-state index is 0.642. The Bertz CT molecular complexity index is 2460. The van der Waals surface area contributed by atoms with E-state index < -0.39 is 0 Å². The average Bonchev–Trinajstić information content (AvgIpc) is 3.57. The van der Waals surface area contributed by atoms with Gasteiger partial charge in [-0.3, -0.25) is 0 Å². The summed E-state index contributed by atoms with van der Waals surface area (Å²) in [4.78, 5) is 15.4. The van der Waals surface area contributed by atoms with E-state index in [2.05, 4.69) is 164 Å². The van der Waals surface area contributed by atoms with E-state index in [1.165, 1.54) is 42.4 Å². The molecule has 49 heavy (non-hydrogen) atoms. The number of fused-ring (bicyclic) bond motifs is 3. The number of benzene rings is 7. The molecule has 7 aromatic carbocycles. The Labute approximate surface area is 288 Å². The standard InChI is InChI=1S/C45H29N3S/c1-4-12-30(13-5-1)32-20-24-35(25-21-32)43-46-44(36-26-22-33(23-27-36)31-14-6-2-7-15-31)48-45(47-43)37-28-39(34-16-8-3-9-17-34)42-40(29-37)38-18-10-11-19-41(38)49-42/h1-29H. The topological polar surface area (TPSA) is 38.7 Å². The molecule has 0 saturated carbocycles. The second kappa shape index (κ2) is 12.4. The summed E-state index contributed by atoms with van der Waals surface area (Å²) in [6.45, 7) is 0. The van der Waals surface area contributed by atoms with Gasteiger partial charge in [0.05, 0.1) is 0 Å². The number of rotatable bonds is 6. The molecule has 4 heteroatoms. The summed E-state index contributed by atoms with van der Waals surface area (Å²) in [5.74, 6) is 1.93. The Morgan fingerprint density at radius 1 is 0.306 bits per heavy atom. The predicted octanol–water partition coefficient (Wildman–Crippen LogP) is 12.2. The number of nitrogens with zero attached hydrogens (tertiary/aromatic N) is 3. The van der Waals surface area contributed by atoms with Crippen LogP contribution >= 0.6 is 11.3 Å². The highest BCUT2D eigenvalue weighted by Crippen LogP contribution is 2.42. The van der Waals surface area contributed by atoms with Crippen LogP contribution in [0.1, 0.15) is 0 Å². The minimum absolute atomic E-state index is 0.642. The lowest BCUT2D eigenvalue weighted by Crippen LogP contribution is -2.00. The van der Waals surface area contributed by atoms with Crippen LogP contribution in [-0.4, -0.2) is 15.0 Å². The number of aromatic nitrogens is 3. The van der Waals surface area contributed by atoms with Crippen LogP contribution in [0.5, 0.6) is 0 Å². The molecule has 0 bridgehead atoms. The normalized spacial score (nSPS) is 11.3. The molecule has 0 aliphatic rings. The minimum Gasteiger partial charge on any atom is -0.208 e. The molecule has 0 fully saturated rings. The van der Waals surface area contributed by atoms with Crippen molar-refractivity contribution in [1.29, 1.82) is 0 Å². The quantitative estimate of drug-likeness (QED) is 0.181. The van der Waals surface area contributed by atoms with Crippen molar-refractivity contribution in [1.82, 2.24) is 15.0 Å². The van der Waals surface area contributed by atoms with Crippen molar-refractivity contribution in [2.75, 3.05) is 0 Å². The molecule has 3 nitrogen and oxygen atoms in total. The van der Waals surface area contributed by atoms with Crippen molar-refractivity contribution < 1.29 is 0 Å². The van der Waals surface area contributed by atoms with E-state index in [1.54, 1.807) is 0 Å². The van der Waals surface area contributed by atoms with Crippen LogP contribution in [0.25, 0.3) is 87.7 Å². The zero-order chi connectivity index (χ0) is 32.6. The van der Waals surface area contributed by atoms with Crippen molar-refractivity contribution >= 4 is 31.5 Å². The summed E-state index contributed by atoms with van der Waals surface area (Å²) in [5.41, 5.74) is 9.84. The van der Waals surface area contributed by atoms with Gasteiger partial charge in [-0.1, -0.05) is 158 Å². The van der Waals surface area contributed by atoms with Gasteiger partial charge in [-0.05, 0) is 46.0 Å². The number of hydrogen-bond acceptors (Lipinski definition) is 4. The van der Waals surface area contributed by atoms with Gasteiger partial charge in [0.2, 0.25) is 0 Å². The highest BCUT2D eigenvalue weighted by molar-refractivity contribution is 7.26. The zero-order valence-electron chi connectivity index (χ0n) is 26.5. The molecule has 230 valence electrons. The maximum absolute atomic E-state index is 5.15. The fraction of sp³-hybridized carbons (Fsp3) is 0. The molecule has 0 atom stereocenters. The van der Waals surface area contributed by atoms with Crippen LogP contribution in [0.4, 0.5) is 0 Å². The van der Waals surface area contributed by atoms with Gasteiger partial charge in [0.25, 0.3) is 0 Å². The smallest absolute Gasteiger partial charge is 0.164 e.